The van der Waals surface area contributed by atoms with Crippen LogP contribution in [-0.4, -0.2) is 53.1 Å². The first kappa shape index (κ1) is 14.6. The van der Waals surface area contributed by atoms with Gasteiger partial charge < -0.3 is 4.90 Å². The smallest absolute Gasteiger partial charge is 0.326 e. The zero-order valence-corrected chi connectivity index (χ0v) is 11.4. The van der Waals surface area contributed by atoms with Gasteiger partial charge in [-0.25, -0.2) is 0 Å². The first-order valence-electron chi connectivity index (χ1n) is 7.02. The number of nitrogens with zero attached hydrogens (tertiary/aromatic N) is 2. The average Bonchev–Trinajstić information content (AvgIpc) is 2.59. The number of rotatable bonds is 3. The van der Waals surface area contributed by atoms with E-state index >= 15 is 0 Å². The number of alkyl halides is 3. The Bertz CT molecular complexity index is 327. The molecule has 110 valence electrons. The number of hydrogen-bond acceptors (Lipinski definition) is 2. The summed E-state index contributed by atoms with van der Waals surface area (Å²) in [6, 6.07) is -0.0896. The van der Waals surface area contributed by atoms with Crippen LogP contribution in [0.1, 0.15) is 39.5 Å². The van der Waals surface area contributed by atoms with E-state index in [2.05, 4.69) is 18.7 Å². The molecule has 0 aromatic heterocycles. The number of amides is 1. The third kappa shape index (κ3) is 2.73. The number of likely N-dealkylation sites (tertiary alicyclic amines) is 1. The van der Waals surface area contributed by atoms with Gasteiger partial charge in [-0.1, -0.05) is 13.8 Å². The zero-order valence-electron chi connectivity index (χ0n) is 11.4. The highest BCUT2D eigenvalue weighted by atomic mass is 19.4. The van der Waals surface area contributed by atoms with Gasteiger partial charge in [-0.15, -0.1) is 0 Å². The number of hydrogen-bond donors (Lipinski definition) is 0. The van der Waals surface area contributed by atoms with Crippen molar-refractivity contribution in [1.29, 1.82) is 0 Å². The van der Waals surface area contributed by atoms with Crippen molar-refractivity contribution in [3.63, 3.8) is 0 Å². The number of halogens is 3. The molecule has 2 aliphatic rings. The molecule has 6 heteroatoms. The van der Waals surface area contributed by atoms with Crippen molar-refractivity contribution in [1.82, 2.24) is 9.80 Å². The summed E-state index contributed by atoms with van der Waals surface area (Å²) in [5.41, 5.74) is 0. The average molecular weight is 278 g/mol. The van der Waals surface area contributed by atoms with Crippen molar-refractivity contribution in [3.8, 4) is 0 Å². The van der Waals surface area contributed by atoms with E-state index < -0.39 is 12.1 Å². The van der Waals surface area contributed by atoms with E-state index in [1.54, 1.807) is 0 Å². The van der Waals surface area contributed by atoms with Gasteiger partial charge in [0, 0.05) is 31.2 Å². The summed E-state index contributed by atoms with van der Waals surface area (Å²) < 4.78 is 37.8. The molecule has 0 aliphatic carbocycles. The predicted molar refractivity (Wildman–Crippen MR) is 65.7 cm³/mol. The van der Waals surface area contributed by atoms with Crippen LogP contribution < -0.4 is 0 Å². The largest absolute Gasteiger partial charge is 0.471 e. The van der Waals surface area contributed by atoms with Gasteiger partial charge in [-0.3, -0.25) is 9.69 Å². The summed E-state index contributed by atoms with van der Waals surface area (Å²) in [7, 11) is 0. The van der Waals surface area contributed by atoms with Crippen molar-refractivity contribution in [3.05, 3.63) is 0 Å². The van der Waals surface area contributed by atoms with Crippen molar-refractivity contribution in [2.45, 2.75) is 63.8 Å². The topological polar surface area (TPSA) is 23.6 Å². The Morgan fingerprint density at radius 2 is 1.63 bits per heavy atom. The van der Waals surface area contributed by atoms with Gasteiger partial charge in [0.15, 0.2) is 0 Å². The van der Waals surface area contributed by atoms with Crippen LogP contribution in [0.15, 0.2) is 0 Å². The number of carbonyl (C=O) groups excluding carboxylic acids is 1. The lowest BCUT2D eigenvalue weighted by Gasteiger charge is -2.44. The normalized spacial score (nSPS) is 28.2. The summed E-state index contributed by atoms with van der Waals surface area (Å²) >= 11 is 0. The molecule has 2 aliphatic heterocycles. The number of fused-ring (bicyclic) bond motifs is 2. The Balaban J connectivity index is 2.09. The van der Waals surface area contributed by atoms with Crippen LogP contribution in [0.2, 0.25) is 0 Å². The molecule has 2 fully saturated rings. The minimum absolute atomic E-state index is 0.256. The Hall–Kier alpha value is -0.780. The van der Waals surface area contributed by atoms with Crippen LogP contribution in [0.3, 0.4) is 0 Å². The lowest BCUT2D eigenvalue weighted by molar-refractivity contribution is -0.191. The zero-order chi connectivity index (χ0) is 14.2. The van der Waals surface area contributed by atoms with Crippen LogP contribution in [0, 0.1) is 0 Å². The van der Waals surface area contributed by atoms with Crippen LogP contribution in [0.4, 0.5) is 13.2 Å². The molecule has 2 bridgehead atoms. The van der Waals surface area contributed by atoms with Crippen LogP contribution in [0.5, 0.6) is 0 Å². The Morgan fingerprint density at radius 3 is 2.00 bits per heavy atom. The van der Waals surface area contributed by atoms with E-state index in [-0.39, 0.29) is 12.1 Å². The quantitative estimate of drug-likeness (QED) is 0.791. The molecule has 2 heterocycles. The molecule has 0 aromatic rings. The van der Waals surface area contributed by atoms with Gasteiger partial charge in [-0.2, -0.15) is 13.2 Å². The molecule has 2 unspecified atom stereocenters. The van der Waals surface area contributed by atoms with E-state index in [1.165, 1.54) is 0 Å². The fraction of sp³-hybridized carbons (Fsp3) is 0.923. The van der Waals surface area contributed by atoms with E-state index in [0.717, 1.165) is 17.7 Å². The molecule has 19 heavy (non-hydrogen) atoms. The third-order valence-electron chi connectivity index (χ3n) is 4.45. The highest BCUT2D eigenvalue weighted by Crippen LogP contribution is 2.35. The van der Waals surface area contributed by atoms with E-state index in [0.29, 0.717) is 32.0 Å². The lowest BCUT2D eigenvalue weighted by atomic mass is 10.1. The molecule has 0 aromatic carbocycles. The van der Waals surface area contributed by atoms with Crippen molar-refractivity contribution in [2.24, 2.45) is 0 Å². The van der Waals surface area contributed by atoms with Crippen molar-refractivity contribution >= 4 is 5.91 Å². The Morgan fingerprint density at radius 1 is 1.16 bits per heavy atom. The fourth-order valence-corrected chi connectivity index (χ4v) is 3.52. The minimum atomic E-state index is -4.74. The number of piperazine rings is 1. The maximum atomic E-state index is 12.6. The second kappa shape index (κ2) is 5.31. The molecule has 0 spiro atoms. The maximum absolute atomic E-state index is 12.6. The van der Waals surface area contributed by atoms with Gasteiger partial charge in [0.05, 0.1) is 0 Å². The maximum Gasteiger partial charge on any atom is 0.471 e. The van der Waals surface area contributed by atoms with Crippen LogP contribution in [-0.2, 0) is 4.79 Å². The first-order chi connectivity index (χ1) is 8.88. The van der Waals surface area contributed by atoms with Gasteiger partial charge in [0.25, 0.3) is 0 Å². The Labute approximate surface area is 111 Å². The fourth-order valence-electron chi connectivity index (χ4n) is 3.52. The highest BCUT2D eigenvalue weighted by molar-refractivity contribution is 5.83. The van der Waals surface area contributed by atoms with E-state index in [9.17, 15) is 18.0 Å². The van der Waals surface area contributed by atoms with Crippen LogP contribution in [0.25, 0.3) is 0 Å². The second-order valence-corrected chi connectivity index (χ2v) is 5.52. The van der Waals surface area contributed by atoms with E-state index in [1.807, 2.05) is 0 Å². The van der Waals surface area contributed by atoms with Gasteiger partial charge in [0.2, 0.25) is 0 Å². The van der Waals surface area contributed by atoms with Crippen molar-refractivity contribution < 1.29 is 18.0 Å². The van der Waals surface area contributed by atoms with Gasteiger partial charge in [-0.05, 0) is 25.7 Å². The lowest BCUT2D eigenvalue weighted by Crippen LogP contribution is -2.60. The van der Waals surface area contributed by atoms with E-state index in [4.69, 9.17) is 0 Å². The molecule has 1 amide bonds. The van der Waals surface area contributed by atoms with Gasteiger partial charge >= 0.3 is 12.1 Å². The minimum Gasteiger partial charge on any atom is -0.326 e. The van der Waals surface area contributed by atoms with Gasteiger partial charge in [0.1, 0.15) is 0 Å². The summed E-state index contributed by atoms with van der Waals surface area (Å²) in [5, 5.41) is 0. The molecular formula is C13H21F3N2O. The molecule has 0 N–H and O–H groups in total. The molecule has 0 saturated carbocycles. The first-order valence-corrected chi connectivity index (χ1v) is 7.02. The summed E-state index contributed by atoms with van der Waals surface area (Å²) in [6.45, 7) is 5.38. The van der Waals surface area contributed by atoms with Crippen LogP contribution >= 0.6 is 0 Å². The predicted octanol–water partition coefficient (Wildman–Crippen LogP) is 2.41. The molecular weight excluding hydrogens is 257 g/mol. The SMILES string of the molecule is CCC(CC)N1CC2CCC(C1)N2C(=O)C(F)(F)F. The monoisotopic (exact) mass is 278 g/mol. The molecule has 0 radical (unpaired) electrons. The molecule has 2 atom stereocenters. The summed E-state index contributed by atoms with van der Waals surface area (Å²) in [5.74, 6) is -1.65. The molecule has 3 nitrogen and oxygen atoms in total. The third-order valence-corrected chi connectivity index (χ3v) is 4.45. The number of carbonyl (C=O) groups is 1. The second-order valence-electron chi connectivity index (χ2n) is 5.52. The molecule has 2 rings (SSSR count). The highest BCUT2D eigenvalue weighted by Gasteiger charge is 2.51. The molecule has 2 saturated heterocycles. The Kier molecular flexibility index (Phi) is 4.08. The van der Waals surface area contributed by atoms with Crippen molar-refractivity contribution in [2.75, 3.05) is 13.1 Å². The summed E-state index contributed by atoms with van der Waals surface area (Å²) in [6.07, 6.45) is -1.34. The summed E-state index contributed by atoms with van der Waals surface area (Å²) in [4.78, 5) is 14.8. The standard InChI is InChI=1S/C13H21F3N2O/c1-3-9(4-2)17-7-10-5-6-11(8-17)18(10)12(19)13(14,15)16/h9-11H,3-8H2,1-2H3.